The Bertz CT molecular complexity index is 1000. The number of amides is 1. The fourth-order valence-electron chi connectivity index (χ4n) is 3.19. The van der Waals surface area contributed by atoms with Gasteiger partial charge in [0.25, 0.3) is 5.91 Å². The highest BCUT2D eigenvalue weighted by molar-refractivity contribution is 7.22. The average Bonchev–Trinajstić information content (AvgIpc) is 3.20. The molecule has 0 aliphatic heterocycles. The van der Waals surface area contributed by atoms with E-state index in [-0.39, 0.29) is 5.91 Å². The minimum Gasteiger partial charge on any atom is -0.494 e. The number of ether oxygens (including phenoxy) is 2. The third-order valence-corrected chi connectivity index (χ3v) is 5.98. The number of aromatic nitrogens is 1. The van der Waals surface area contributed by atoms with Gasteiger partial charge >= 0.3 is 0 Å². The summed E-state index contributed by atoms with van der Waals surface area (Å²) in [5.74, 6) is 1.35. The summed E-state index contributed by atoms with van der Waals surface area (Å²) in [6.45, 7) is 4.09. The summed E-state index contributed by atoms with van der Waals surface area (Å²) < 4.78 is 12.3. The molecule has 1 aromatic heterocycles. The lowest BCUT2D eigenvalue weighted by Gasteiger charge is -2.22. The summed E-state index contributed by atoms with van der Waals surface area (Å²) in [5, 5.41) is 0.667. The molecule has 3 rings (SSSR count). The molecule has 6 nitrogen and oxygen atoms in total. The lowest BCUT2D eigenvalue weighted by Crippen LogP contribution is -2.36. The second kappa shape index (κ2) is 11.1. The van der Waals surface area contributed by atoms with Gasteiger partial charge in [-0.15, -0.1) is 0 Å². The van der Waals surface area contributed by atoms with Gasteiger partial charge in [-0.3, -0.25) is 9.69 Å². The first-order valence-corrected chi connectivity index (χ1v) is 11.5. The van der Waals surface area contributed by atoms with Crippen molar-refractivity contribution >= 4 is 32.6 Å². The van der Waals surface area contributed by atoms with Crippen molar-refractivity contribution in [2.45, 2.75) is 26.2 Å². The van der Waals surface area contributed by atoms with Gasteiger partial charge in [0.1, 0.15) is 17.0 Å². The van der Waals surface area contributed by atoms with E-state index in [1.165, 1.54) is 11.3 Å². The van der Waals surface area contributed by atoms with Gasteiger partial charge in [0.05, 0.1) is 18.4 Å². The Labute approximate surface area is 188 Å². The monoisotopic (exact) mass is 441 g/mol. The molecule has 0 saturated heterocycles. The van der Waals surface area contributed by atoms with E-state index in [0.29, 0.717) is 29.6 Å². The number of nitrogens with zero attached hydrogens (tertiary/aromatic N) is 3. The molecule has 0 atom stereocenters. The van der Waals surface area contributed by atoms with Crippen LogP contribution in [-0.2, 0) is 0 Å². The molecule has 2 aromatic carbocycles. The smallest absolute Gasteiger partial charge is 0.260 e. The highest BCUT2D eigenvalue weighted by Crippen LogP contribution is 2.34. The van der Waals surface area contributed by atoms with Gasteiger partial charge < -0.3 is 14.4 Å². The molecule has 0 N–H and O–H groups in total. The van der Waals surface area contributed by atoms with E-state index in [4.69, 9.17) is 14.5 Å². The van der Waals surface area contributed by atoms with Crippen LogP contribution < -0.4 is 14.4 Å². The zero-order chi connectivity index (χ0) is 22.2. The van der Waals surface area contributed by atoms with E-state index < -0.39 is 0 Å². The zero-order valence-corrected chi connectivity index (χ0v) is 19.6. The molecule has 0 saturated carbocycles. The van der Waals surface area contributed by atoms with Crippen LogP contribution in [0.15, 0.2) is 42.5 Å². The van der Waals surface area contributed by atoms with E-state index in [0.717, 1.165) is 41.8 Å². The van der Waals surface area contributed by atoms with Crippen molar-refractivity contribution < 1.29 is 14.3 Å². The SMILES string of the molecule is CCCCCOc1cccc(C(=O)N(CCN(C)C)c2nc3c(OC)cccc3s2)c1. The maximum absolute atomic E-state index is 13.5. The number of para-hydroxylation sites is 1. The maximum Gasteiger partial charge on any atom is 0.260 e. The molecular weight excluding hydrogens is 410 g/mol. The summed E-state index contributed by atoms with van der Waals surface area (Å²) in [5.41, 5.74) is 1.37. The summed E-state index contributed by atoms with van der Waals surface area (Å²) >= 11 is 1.50. The maximum atomic E-state index is 13.5. The normalized spacial score (nSPS) is 11.1. The van der Waals surface area contributed by atoms with Gasteiger partial charge in [-0.1, -0.05) is 43.2 Å². The van der Waals surface area contributed by atoms with Crippen molar-refractivity contribution in [3.05, 3.63) is 48.0 Å². The fraction of sp³-hybridized carbons (Fsp3) is 0.417. The largest absolute Gasteiger partial charge is 0.494 e. The Morgan fingerprint density at radius 1 is 1.10 bits per heavy atom. The summed E-state index contributed by atoms with van der Waals surface area (Å²) in [6, 6.07) is 13.2. The summed E-state index contributed by atoms with van der Waals surface area (Å²) in [7, 11) is 5.62. The molecule has 0 aliphatic rings. The standard InChI is InChI=1S/C24H31N3O3S/c1-5-6-7-16-30-19-11-8-10-18(17-19)23(28)27(15-14-26(2)3)24-25-22-20(29-4)12-9-13-21(22)31-24/h8-13,17H,5-7,14-16H2,1-4H3. The van der Waals surface area contributed by atoms with Crippen LogP contribution in [0.3, 0.4) is 0 Å². The highest BCUT2D eigenvalue weighted by atomic mass is 32.1. The fourth-order valence-corrected chi connectivity index (χ4v) is 4.20. The highest BCUT2D eigenvalue weighted by Gasteiger charge is 2.22. The van der Waals surface area contributed by atoms with Crippen LogP contribution in [0.25, 0.3) is 10.2 Å². The van der Waals surface area contributed by atoms with Crippen LogP contribution >= 0.6 is 11.3 Å². The topological polar surface area (TPSA) is 54.9 Å². The van der Waals surface area contributed by atoms with Crippen LogP contribution in [0, 0.1) is 0 Å². The molecule has 1 heterocycles. The molecular formula is C24H31N3O3S. The van der Waals surface area contributed by atoms with E-state index in [1.807, 2.05) is 56.6 Å². The molecule has 0 fully saturated rings. The molecule has 31 heavy (non-hydrogen) atoms. The van der Waals surface area contributed by atoms with Gasteiger partial charge in [0, 0.05) is 18.7 Å². The first-order chi connectivity index (χ1) is 15.0. The number of likely N-dealkylation sites (N-methyl/N-ethyl adjacent to an activating group) is 1. The number of hydrogen-bond acceptors (Lipinski definition) is 6. The van der Waals surface area contributed by atoms with Crippen molar-refractivity contribution in [1.29, 1.82) is 0 Å². The lowest BCUT2D eigenvalue weighted by atomic mass is 10.2. The second-order valence-electron chi connectivity index (χ2n) is 7.65. The molecule has 0 aliphatic carbocycles. The van der Waals surface area contributed by atoms with Crippen LogP contribution in [0.1, 0.15) is 36.5 Å². The number of anilines is 1. The second-order valence-corrected chi connectivity index (χ2v) is 8.66. The lowest BCUT2D eigenvalue weighted by molar-refractivity contribution is 0.0984. The molecule has 0 radical (unpaired) electrons. The van der Waals surface area contributed by atoms with E-state index >= 15 is 0 Å². The number of hydrogen-bond donors (Lipinski definition) is 0. The zero-order valence-electron chi connectivity index (χ0n) is 18.8. The first kappa shape index (κ1) is 23.0. The molecule has 166 valence electrons. The number of carbonyl (C=O) groups excluding carboxylic acids is 1. The van der Waals surface area contributed by atoms with Gasteiger partial charge in [0.15, 0.2) is 5.13 Å². The van der Waals surface area contributed by atoms with E-state index in [9.17, 15) is 4.79 Å². The van der Waals surface area contributed by atoms with E-state index in [2.05, 4.69) is 11.8 Å². The molecule has 0 spiro atoms. The van der Waals surface area contributed by atoms with Gasteiger partial charge in [0.2, 0.25) is 0 Å². The Balaban J connectivity index is 1.87. The Kier molecular flexibility index (Phi) is 8.26. The van der Waals surface area contributed by atoms with Gasteiger partial charge in [-0.2, -0.15) is 0 Å². The number of methoxy groups -OCH3 is 1. The summed E-state index contributed by atoms with van der Waals surface area (Å²) in [6.07, 6.45) is 3.30. The quantitative estimate of drug-likeness (QED) is 0.388. The van der Waals surface area contributed by atoms with Crippen molar-refractivity contribution in [1.82, 2.24) is 9.88 Å². The predicted octanol–water partition coefficient (Wildman–Crippen LogP) is 5.08. The van der Waals surface area contributed by atoms with Crippen LogP contribution in [0.5, 0.6) is 11.5 Å². The van der Waals surface area contributed by atoms with Crippen LogP contribution in [0.2, 0.25) is 0 Å². The molecule has 1 amide bonds. The van der Waals surface area contributed by atoms with Crippen molar-refractivity contribution in [2.24, 2.45) is 0 Å². The Hall–Kier alpha value is -2.64. The minimum absolute atomic E-state index is 0.0844. The molecule has 0 bridgehead atoms. The number of unbranched alkanes of at least 4 members (excludes halogenated alkanes) is 2. The van der Waals surface area contributed by atoms with Gasteiger partial charge in [-0.05, 0) is 50.8 Å². The number of thiazole rings is 1. The van der Waals surface area contributed by atoms with Crippen molar-refractivity contribution in [3.8, 4) is 11.5 Å². The number of rotatable bonds is 11. The minimum atomic E-state index is -0.0844. The third kappa shape index (κ3) is 5.95. The number of benzene rings is 2. The molecule has 7 heteroatoms. The first-order valence-electron chi connectivity index (χ1n) is 10.7. The van der Waals surface area contributed by atoms with Crippen molar-refractivity contribution in [3.63, 3.8) is 0 Å². The average molecular weight is 442 g/mol. The van der Waals surface area contributed by atoms with E-state index in [1.54, 1.807) is 12.0 Å². The van der Waals surface area contributed by atoms with Crippen molar-refractivity contribution in [2.75, 3.05) is 45.8 Å². The number of fused-ring (bicyclic) bond motifs is 1. The van der Waals surface area contributed by atoms with Crippen LogP contribution in [-0.4, -0.2) is 56.7 Å². The Morgan fingerprint density at radius 2 is 1.90 bits per heavy atom. The third-order valence-electron chi connectivity index (χ3n) is 4.94. The van der Waals surface area contributed by atoms with Gasteiger partial charge in [-0.25, -0.2) is 4.98 Å². The van der Waals surface area contributed by atoms with Crippen LogP contribution in [0.4, 0.5) is 5.13 Å². The molecule has 3 aromatic rings. The predicted molar refractivity (Wildman–Crippen MR) is 128 cm³/mol. The Morgan fingerprint density at radius 3 is 2.65 bits per heavy atom. The number of carbonyl (C=O) groups is 1. The summed E-state index contributed by atoms with van der Waals surface area (Å²) in [4.78, 5) is 22.1. The molecule has 0 unspecified atom stereocenters.